The van der Waals surface area contributed by atoms with E-state index in [-0.39, 0.29) is 5.78 Å². The van der Waals surface area contributed by atoms with Crippen LogP contribution in [0.2, 0.25) is 0 Å². The van der Waals surface area contributed by atoms with Crippen LogP contribution in [0.4, 0.5) is 0 Å². The van der Waals surface area contributed by atoms with Crippen LogP contribution < -0.4 is 4.68 Å². The summed E-state index contributed by atoms with van der Waals surface area (Å²) >= 11 is 0. The van der Waals surface area contributed by atoms with E-state index >= 15 is 0 Å². The maximum Gasteiger partial charge on any atom is 0.205 e. The van der Waals surface area contributed by atoms with Gasteiger partial charge >= 0.3 is 0 Å². The van der Waals surface area contributed by atoms with Gasteiger partial charge in [0, 0.05) is 42.1 Å². The molecule has 1 saturated carbocycles. The highest BCUT2D eigenvalue weighted by molar-refractivity contribution is 5.97. The minimum Gasteiger partial charge on any atom is -0.339 e. The van der Waals surface area contributed by atoms with E-state index in [4.69, 9.17) is 0 Å². The van der Waals surface area contributed by atoms with Crippen LogP contribution in [0.1, 0.15) is 71.1 Å². The van der Waals surface area contributed by atoms with Crippen LogP contribution in [0.3, 0.4) is 0 Å². The molecule has 4 aromatic rings. The summed E-state index contributed by atoms with van der Waals surface area (Å²) in [7, 11) is 0. The molecule has 31 heavy (non-hydrogen) atoms. The second-order valence-electron chi connectivity index (χ2n) is 8.87. The van der Waals surface area contributed by atoms with Gasteiger partial charge in [-0.3, -0.25) is 9.89 Å². The number of nitrogens with one attached hydrogen (secondary N) is 3. The lowest BCUT2D eigenvalue weighted by molar-refractivity contribution is -0.776. The Balaban J connectivity index is 1.40. The Morgan fingerprint density at radius 2 is 1.94 bits per heavy atom. The van der Waals surface area contributed by atoms with E-state index in [9.17, 15) is 4.79 Å². The lowest BCUT2D eigenvalue weighted by Gasteiger charge is -2.14. The highest BCUT2D eigenvalue weighted by atomic mass is 16.1. The molecule has 0 radical (unpaired) electrons. The number of nitrogens with zero attached hydrogens (tertiary/aromatic N) is 3. The molecule has 0 amide bonds. The molecule has 1 aliphatic rings. The predicted molar refractivity (Wildman–Crippen MR) is 119 cm³/mol. The van der Waals surface area contributed by atoms with Crippen LogP contribution in [0.25, 0.3) is 22.3 Å². The zero-order valence-electron chi connectivity index (χ0n) is 18.4. The fourth-order valence-electron chi connectivity index (χ4n) is 4.68. The number of pyridine rings is 1. The third-order valence-electron chi connectivity index (χ3n) is 6.64. The van der Waals surface area contributed by atoms with Crippen molar-refractivity contribution in [3.05, 3.63) is 52.7 Å². The third-order valence-corrected chi connectivity index (χ3v) is 6.64. The van der Waals surface area contributed by atoms with Gasteiger partial charge in [-0.25, -0.2) is 4.98 Å². The summed E-state index contributed by atoms with van der Waals surface area (Å²) in [6.07, 6.45) is 10.7. The molecule has 3 N–H and O–H groups in total. The minimum atomic E-state index is 0.00811. The first-order chi connectivity index (χ1) is 15.0. The van der Waals surface area contributed by atoms with Gasteiger partial charge in [0.05, 0.1) is 17.0 Å². The monoisotopic (exact) mass is 417 g/mol. The van der Waals surface area contributed by atoms with Crippen LogP contribution in [-0.4, -0.2) is 31.0 Å². The molecule has 0 aliphatic heterocycles. The van der Waals surface area contributed by atoms with Gasteiger partial charge in [-0.15, -0.1) is 4.68 Å². The van der Waals surface area contributed by atoms with E-state index in [2.05, 4.69) is 49.1 Å². The maximum atomic E-state index is 12.7. The molecule has 0 spiro atoms. The summed E-state index contributed by atoms with van der Waals surface area (Å²) in [5.41, 5.74) is 7.46. The average molecular weight is 418 g/mol. The topological polar surface area (TPSA) is 94.1 Å². The standard InChI is InChI=1S/C24H28N6O/c1-14-15(2)27-28-23(14)22(31)10-17-9-18-11-21(26-24(18)25-12-17)20-13-30(29-16(20)3)19-7-5-4-6-8-19/h9,11-13,19H,4-8,10H2,1-3H3,(H2,25,26,27,28,31)/p+1. The van der Waals surface area contributed by atoms with Crippen LogP contribution in [0.15, 0.2) is 24.5 Å². The third kappa shape index (κ3) is 3.69. The Morgan fingerprint density at radius 3 is 2.68 bits per heavy atom. The normalized spacial score (nSPS) is 15.1. The average Bonchev–Trinajstić information content (AvgIpc) is 3.45. The molecule has 4 aromatic heterocycles. The number of carbonyl (C=O) groups is 1. The second-order valence-corrected chi connectivity index (χ2v) is 8.87. The van der Waals surface area contributed by atoms with E-state index in [1.54, 1.807) is 6.20 Å². The number of aromatic amines is 3. The predicted octanol–water partition coefficient (Wildman–Crippen LogP) is 4.42. The van der Waals surface area contributed by atoms with Crippen molar-refractivity contribution in [2.45, 2.75) is 65.3 Å². The summed E-state index contributed by atoms with van der Waals surface area (Å²) in [6.45, 7) is 5.96. The fraction of sp³-hybridized carbons (Fsp3) is 0.417. The van der Waals surface area contributed by atoms with Crippen molar-refractivity contribution in [3.8, 4) is 11.3 Å². The summed E-state index contributed by atoms with van der Waals surface area (Å²) < 4.78 is 2.28. The van der Waals surface area contributed by atoms with Gasteiger partial charge in [0.15, 0.2) is 11.8 Å². The highest BCUT2D eigenvalue weighted by Crippen LogP contribution is 2.28. The van der Waals surface area contributed by atoms with Gasteiger partial charge in [0.2, 0.25) is 6.20 Å². The first-order valence-electron chi connectivity index (χ1n) is 11.1. The Morgan fingerprint density at radius 1 is 1.13 bits per heavy atom. The zero-order valence-corrected chi connectivity index (χ0v) is 18.4. The summed E-state index contributed by atoms with van der Waals surface area (Å²) in [6, 6.07) is 4.74. The van der Waals surface area contributed by atoms with E-state index < -0.39 is 0 Å². The van der Waals surface area contributed by atoms with Crippen molar-refractivity contribution >= 4 is 16.8 Å². The van der Waals surface area contributed by atoms with Crippen LogP contribution >= 0.6 is 0 Å². The van der Waals surface area contributed by atoms with Crippen LogP contribution in [-0.2, 0) is 6.42 Å². The van der Waals surface area contributed by atoms with Gasteiger partial charge in [0.25, 0.3) is 0 Å². The van der Waals surface area contributed by atoms with E-state index in [1.807, 2.05) is 19.9 Å². The van der Waals surface area contributed by atoms with Crippen molar-refractivity contribution in [2.24, 2.45) is 0 Å². The molecule has 5 rings (SSSR count). The number of aryl methyl sites for hydroxylation is 2. The molecule has 7 heteroatoms. The molecule has 0 unspecified atom stereocenters. The Labute approximate surface area is 181 Å². The molecule has 0 atom stereocenters. The number of ketones is 1. The Hall–Kier alpha value is -3.22. The smallest absolute Gasteiger partial charge is 0.205 e. The maximum absolute atomic E-state index is 12.7. The Kier molecular flexibility index (Phi) is 4.96. The lowest BCUT2D eigenvalue weighted by Crippen LogP contribution is -2.41. The van der Waals surface area contributed by atoms with Gasteiger partial charge in [-0.2, -0.15) is 10.2 Å². The molecule has 160 valence electrons. The number of hydrogen-bond donors (Lipinski definition) is 3. The molecule has 1 fully saturated rings. The first-order valence-corrected chi connectivity index (χ1v) is 11.1. The molecule has 0 bridgehead atoms. The second kappa shape index (κ2) is 7.80. The van der Waals surface area contributed by atoms with Crippen molar-refractivity contribution in [1.82, 2.24) is 25.3 Å². The molecule has 7 nitrogen and oxygen atoms in total. The summed E-state index contributed by atoms with van der Waals surface area (Å²) in [5.74, 6) is 0.00811. The SMILES string of the molecule is Cc1[nH][n+](C2CCCCC2)cc1-c1cc2cc(CC(=O)c3n[nH]c(C)c3C)cnc2[nH]1. The molecule has 0 saturated heterocycles. The van der Waals surface area contributed by atoms with E-state index in [1.165, 1.54) is 37.7 Å². The minimum absolute atomic E-state index is 0.00811. The zero-order chi connectivity index (χ0) is 21.5. The highest BCUT2D eigenvalue weighted by Gasteiger charge is 2.26. The molecule has 4 heterocycles. The first kappa shape index (κ1) is 19.7. The van der Waals surface area contributed by atoms with E-state index in [0.717, 1.165) is 39.2 Å². The molecular formula is C24H29N6O+. The van der Waals surface area contributed by atoms with Gasteiger partial charge < -0.3 is 4.98 Å². The number of H-pyrrole nitrogens is 3. The van der Waals surface area contributed by atoms with Crippen molar-refractivity contribution in [1.29, 1.82) is 0 Å². The van der Waals surface area contributed by atoms with Crippen LogP contribution in [0.5, 0.6) is 0 Å². The summed E-state index contributed by atoms with van der Waals surface area (Å²) in [4.78, 5) is 20.7. The Bertz CT molecular complexity index is 1250. The number of fused-ring (bicyclic) bond motifs is 1. The molecule has 1 aliphatic carbocycles. The van der Waals surface area contributed by atoms with Gasteiger partial charge in [0.1, 0.15) is 11.3 Å². The van der Waals surface area contributed by atoms with Gasteiger partial charge in [-0.1, -0.05) is 6.42 Å². The summed E-state index contributed by atoms with van der Waals surface area (Å²) in [5, 5.41) is 11.6. The fourth-order valence-corrected chi connectivity index (χ4v) is 4.68. The van der Waals surface area contributed by atoms with Gasteiger partial charge in [-0.05, 0) is 51.3 Å². The van der Waals surface area contributed by atoms with Crippen LogP contribution in [0, 0.1) is 20.8 Å². The molecule has 0 aromatic carbocycles. The number of aromatic nitrogens is 6. The largest absolute Gasteiger partial charge is 0.339 e. The number of hydrogen-bond acceptors (Lipinski definition) is 3. The van der Waals surface area contributed by atoms with Crippen molar-refractivity contribution in [3.63, 3.8) is 0 Å². The number of carbonyl (C=O) groups excluding carboxylic acids is 1. The number of Topliss-reactive ketones (excluding diaryl/α,β-unsaturated/α-hetero) is 1. The van der Waals surface area contributed by atoms with E-state index in [0.29, 0.717) is 18.2 Å². The number of rotatable bonds is 5. The lowest BCUT2D eigenvalue weighted by atomic mass is 9.96. The quantitative estimate of drug-likeness (QED) is 0.331. The van der Waals surface area contributed by atoms with Crippen molar-refractivity contribution in [2.75, 3.05) is 0 Å². The molecular weight excluding hydrogens is 388 g/mol. The van der Waals surface area contributed by atoms with Crippen molar-refractivity contribution < 1.29 is 9.48 Å².